The van der Waals surface area contributed by atoms with Crippen LogP contribution in [0, 0.1) is 0 Å². The summed E-state index contributed by atoms with van der Waals surface area (Å²) in [5.41, 5.74) is 1.28. The van der Waals surface area contributed by atoms with Gasteiger partial charge in [0.15, 0.2) is 0 Å². The van der Waals surface area contributed by atoms with E-state index in [-0.39, 0.29) is 22.9 Å². The van der Waals surface area contributed by atoms with Crippen molar-refractivity contribution in [2.24, 2.45) is 0 Å². The van der Waals surface area contributed by atoms with Crippen LogP contribution >= 0.6 is 0 Å². The van der Waals surface area contributed by atoms with Gasteiger partial charge in [-0.3, -0.25) is 9.59 Å². The van der Waals surface area contributed by atoms with Crippen molar-refractivity contribution in [3.8, 4) is 0 Å². The second kappa shape index (κ2) is 6.71. The van der Waals surface area contributed by atoms with Crippen molar-refractivity contribution in [3.05, 3.63) is 82.2 Å². The molecule has 0 radical (unpaired) electrons. The Balaban J connectivity index is 1.99. The van der Waals surface area contributed by atoms with Gasteiger partial charge >= 0.3 is 0 Å². The Labute approximate surface area is 140 Å². The third kappa shape index (κ3) is 3.08. The largest absolute Gasteiger partial charge is 0.463 e. The van der Waals surface area contributed by atoms with Crippen molar-refractivity contribution >= 4 is 16.9 Å². The minimum atomic E-state index is -0.312. The van der Waals surface area contributed by atoms with E-state index in [1.54, 1.807) is 29.2 Å². The summed E-state index contributed by atoms with van der Waals surface area (Å²) in [6.07, 6.45) is 1.27. The number of hydrogen-bond donors (Lipinski definition) is 0. The minimum absolute atomic E-state index is 0.0384. The molecule has 0 spiro atoms. The molecule has 0 aliphatic heterocycles. The van der Waals surface area contributed by atoms with Gasteiger partial charge in [0.05, 0.1) is 5.39 Å². The maximum absolute atomic E-state index is 12.9. The van der Waals surface area contributed by atoms with Crippen LogP contribution < -0.4 is 5.43 Å². The lowest BCUT2D eigenvalue weighted by Crippen LogP contribution is -2.38. The fraction of sp³-hybridized carbons (Fsp3) is 0.200. The average molecular weight is 321 g/mol. The fourth-order valence-corrected chi connectivity index (χ4v) is 2.65. The Bertz CT molecular complexity index is 913. The Morgan fingerprint density at radius 3 is 2.42 bits per heavy atom. The number of hydrogen-bond acceptors (Lipinski definition) is 3. The summed E-state index contributed by atoms with van der Waals surface area (Å²) in [4.78, 5) is 27.2. The third-order valence-corrected chi connectivity index (χ3v) is 3.99. The van der Waals surface area contributed by atoms with Crippen LogP contribution in [0.3, 0.4) is 0 Å². The molecule has 1 aromatic heterocycles. The van der Waals surface area contributed by atoms with Gasteiger partial charge < -0.3 is 9.32 Å². The fourth-order valence-electron chi connectivity index (χ4n) is 2.65. The molecule has 0 atom stereocenters. The highest BCUT2D eigenvalue weighted by Gasteiger charge is 2.23. The molecule has 24 heavy (non-hydrogen) atoms. The molecule has 0 aliphatic rings. The highest BCUT2D eigenvalue weighted by atomic mass is 16.3. The molecule has 1 heterocycles. The molecule has 3 rings (SSSR count). The first-order valence-electron chi connectivity index (χ1n) is 7.93. The molecule has 0 bridgehead atoms. The maximum Gasteiger partial charge on any atom is 0.261 e. The van der Waals surface area contributed by atoms with Crippen LogP contribution in [0.5, 0.6) is 0 Å². The summed E-state index contributed by atoms with van der Waals surface area (Å²) in [6.45, 7) is 4.32. The zero-order valence-electron chi connectivity index (χ0n) is 13.7. The molecule has 4 heteroatoms. The minimum Gasteiger partial charge on any atom is -0.463 e. The summed E-state index contributed by atoms with van der Waals surface area (Å²) in [6, 6.07) is 16.6. The smallest absolute Gasteiger partial charge is 0.261 e. The standard InChI is InChI=1S/C20H19NO3/c1-14(2)21(12-15-8-4-3-5-9-15)20(23)17-13-24-18-11-7-6-10-16(18)19(17)22/h3-11,13-14H,12H2,1-2H3. The molecule has 1 amide bonds. The molecule has 122 valence electrons. The van der Waals surface area contributed by atoms with E-state index in [9.17, 15) is 9.59 Å². The molecule has 0 N–H and O–H groups in total. The molecule has 3 aromatic rings. The first kappa shape index (κ1) is 16.0. The van der Waals surface area contributed by atoms with Crippen molar-refractivity contribution in [2.75, 3.05) is 0 Å². The summed E-state index contributed by atoms with van der Waals surface area (Å²) >= 11 is 0. The summed E-state index contributed by atoms with van der Waals surface area (Å²) in [5, 5.41) is 0.423. The molecule has 0 aliphatic carbocycles. The van der Waals surface area contributed by atoms with E-state index in [1.165, 1.54) is 6.26 Å². The van der Waals surface area contributed by atoms with Gasteiger partial charge in [-0.05, 0) is 31.5 Å². The van der Waals surface area contributed by atoms with Crippen LogP contribution in [0.1, 0.15) is 29.8 Å². The first-order valence-corrected chi connectivity index (χ1v) is 7.93. The van der Waals surface area contributed by atoms with Crippen molar-refractivity contribution in [3.63, 3.8) is 0 Å². The molecule has 0 unspecified atom stereocenters. The van der Waals surface area contributed by atoms with Crippen molar-refractivity contribution in [2.45, 2.75) is 26.4 Å². The van der Waals surface area contributed by atoms with Crippen LogP contribution in [0.25, 0.3) is 11.0 Å². The number of fused-ring (bicyclic) bond motifs is 1. The lowest BCUT2D eigenvalue weighted by molar-refractivity contribution is 0.0687. The molecule has 2 aromatic carbocycles. The van der Waals surface area contributed by atoms with Gasteiger partial charge in [-0.15, -0.1) is 0 Å². The van der Waals surface area contributed by atoms with Gasteiger partial charge in [0.2, 0.25) is 5.43 Å². The monoisotopic (exact) mass is 321 g/mol. The van der Waals surface area contributed by atoms with Gasteiger partial charge in [-0.2, -0.15) is 0 Å². The molecule has 0 saturated heterocycles. The van der Waals surface area contributed by atoms with Crippen LogP contribution in [-0.2, 0) is 6.54 Å². The van der Waals surface area contributed by atoms with Crippen LogP contribution in [-0.4, -0.2) is 16.8 Å². The molecule has 4 nitrogen and oxygen atoms in total. The Hall–Kier alpha value is -2.88. The predicted octanol–water partition coefficient (Wildman–Crippen LogP) is 3.84. The van der Waals surface area contributed by atoms with Crippen molar-refractivity contribution in [1.29, 1.82) is 0 Å². The number of carbonyl (C=O) groups excluding carboxylic acids is 1. The van der Waals surface area contributed by atoms with E-state index >= 15 is 0 Å². The normalized spacial score (nSPS) is 11.0. The second-order valence-corrected chi connectivity index (χ2v) is 5.99. The van der Waals surface area contributed by atoms with Crippen LogP contribution in [0.4, 0.5) is 0 Å². The van der Waals surface area contributed by atoms with Crippen molar-refractivity contribution < 1.29 is 9.21 Å². The first-order chi connectivity index (χ1) is 11.6. The molecule has 0 saturated carbocycles. The Morgan fingerprint density at radius 2 is 1.71 bits per heavy atom. The van der Waals surface area contributed by atoms with E-state index < -0.39 is 0 Å². The average Bonchev–Trinajstić information content (AvgIpc) is 2.60. The summed E-state index contributed by atoms with van der Waals surface area (Å²) < 4.78 is 5.48. The molecular weight excluding hydrogens is 302 g/mol. The van der Waals surface area contributed by atoms with Gasteiger partial charge in [0.1, 0.15) is 17.4 Å². The topological polar surface area (TPSA) is 50.5 Å². The van der Waals surface area contributed by atoms with Gasteiger partial charge in [-0.1, -0.05) is 42.5 Å². The summed E-state index contributed by atoms with van der Waals surface area (Å²) in [5.74, 6) is -0.312. The van der Waals surface area contributed by atoms with E-state index in [0.29, 0.717) is 17.5 Å². The zero-order valence-corrected chi connectivity index (χ0v) is 13.7. The van der Waals surface area contributed by atoms with Crippen LogP contribution in [0.15, 0.2) is 70.1 Å². The number of nitrogens with zero attached hydrogens (tertiary/aromatic N) is 1. The number of carbonyl (C=O) groups is 1. The third-order valence-electron chi connectivity index (χ3n) is 3.99. The number of para-hydroxylation sites is 1. The SMILES string of the molecule is CC(C)N(Cc1ccccc1)C(=O)c1coc2ccccc2c1=O. The number of benzene rings is 2. The predicted molar refractivity (Wildman–Crippen MR) is 93.9 cm³/mol. The van der Waals surface area contributed by atoms with Crippen molar-refractivity contribution in [1.82, 2.24) is 4.90 Å². The van der Waals surface area contributed by atoms with E-state index in [0.717, 1.165) is 5.56 Å². The highest BCUT2D eigenvalue weighted by molar-refractivity contribution is 5.96. The Kier molecular flexibility index (Phi) is 4.47. The zero-order chi connectivity index (χ0) is 17.1. The second-order valence-electron chi connectivity index (χ2n) is 5.99. The van der Waals surface area contributed by atoms with Gasteiger partial charge in [-0.25, -0.2) is 0 Å². The van der Waals surface area contributed by atoms with E-state index in [1.807, 2.05) is 44.2 Å². The lowest BCUT2D eigenvalue weighted by atomic mass is 10.1. The van der Waals surface area contributed by atoms with Gasteiger partial charge in [0.25, 0.3) is 5.91 Å². The van der Waals surface area contributed by atoms with E-state index in [2.05, 4.69) is 0 Å². The van der Waals surface area contributed by atoms with Crippen LogP contribution in [0.2, 0.25) is 0 Å². The molecule has 0 fully saturated rings. The number of rotatable bonds is 4. The summed E-state index contributed by atoms with van der Waals surface area (Å²) in [7, 11) is 0. The maximum atomic E-state index is 12.9. The number of amides is 1. The molecular formula is C20H19NO3. The quantitative estimate of drug-likeness (QED) is 0.733. The van der Waals surface area contributed by atoms with E-state index in [4.69, 9.17) is 4.42 Å². The Morgan fingerprint density at radius 1 is 1.04 bits per heavy atom. The highest BCUT2D eigenvalue weighted by Crippen LogP contribution is 2.15. The lowest BCUT2D eigenvalue weighted by Gasteiger charge is -2.26. The van der Waals surface area contributed by atoms with Gasteiger partial charge in [0, 0.05) is 12.6 Å².